The number of hydrogen-bond acceptors (Lipinski definition) is 5. The Labute approximate surface area is 188 Å². The van der Waals surface area contributed by atoms with Gasteiger partial charge in [0, 0.05) is 5.56 Å². The van der Waals surface area contributed by atoms with Crippen molar-refractivity contribution in [2.45, 2.75) is 26.4 Å². The van der Waals surface area contributed by atoms with E-state index >= 15 is 0 Å². The summed E-state index contributed by atoms with van der Waals surface area (Å²) in [6.45, 7) is 3.12. The average molecular weight is 433 g/mol. The zero-order chi connectivity index (χ0) is 22.4. The molecule has 3 aromatic rings. The molecule has 0 aromatic heterocycles. The van der Waals surface area contributed by atoms with Crippen LogP contribution in [0.15, 0.2) is 84.0 Å². The molecule has 0 saturated heterocycles. The van der Waals surface area contributed by atoms with E-state index in [4.69, 9.17) is 14.2 Å². The first-order chi connectivity index (χ1) is 15.7. The lowest BCUT2D eigenvalue weighted by atomic mass is 10.2. The number of carbonyl (C=O) groups excluding carboxylic acids is 1. The third-order valence-electron chi connectivity index (χ3n) is 4.51. The number of para-hydroxylation sites is 1. The van der Waals surface area contributed by atoms with Crippen molar-refractivity contribution in [3.05, 3.63) is 90.0 Å². The Hall–Kier alpha value is -3.80. The SMILES string of the molecule is CCCCOc1ccc(OCC(=O)N/N=C/c2ccccc2OCc2ccccc2)cc1. The van der Waals surface area contributed by atoms with Crippen LogP contribution in [-0.2, 0) is 11.4 Å². The molecule has 32 heavy (non-hydrogen) atoms. The van der Waals surface area contributed by atoms with Gasteiger partial charge in [-0.05, 0) is 48.4 Å². The maximum absolute atomic E-state index is 12.0. The summed E-state index contributed by atoms with van der Waals surface area (Å²) in [7, 11) is 0. The first kappa shape index (κ1) is 22.9. The van der Waals surface area contributed by atoms with Crippen molar-refractivity contribution in [2.24, 2.45) is 5.10 Å². The summed E-state index contributed by atoms with van der Waals surface area (Å²) in [5.41, 5.74) is 4.31. The summed E-state index contributed by atoms with van der Waals surface area (Å²) in [6.07, 6.45) is 3.66. The molecule has 0 unspecified atom stereocenters. The van der Waals surface area contributed by atoms with E-state index in [9.17, 15) is 4.79 Å². The number of hydrazone groups is 1. The first-order valence-corrected chi connectivity index (χ1v) is 10.7. The molecule has 3 rings (SSSR count). The first-order valence-electron chi connectivity index (χ1n) is 10.7. The molecule has 0 fully saturated rings. The molecule has 0 bridgehead atoms. The van der Waals surface area contributed by atoms with Crippen LogP contribution in [0.5, 0.6) is 17.2 Å². The second-order valence-corrected chi connectivity index (χ2v) is 7.07. The van der Waals surface area contributed by atoms with Gasteiger partial charge in [-0.2, -0.15) is 5.10 Å². The van der Waals surface area contributed by atoms with Gasteiger partial charge in [0.25, 0.3) is 5.91 Å². The third kappa shape index (κ3) is 7.80. The van der Waals surface area contributed by atoms with Crippen LogP contribution in [0.1, 0.15) is 30.9 Å². The molecule has 6 nitrogen and oxygen atoms in total. The minimum absolute atomic E-state index is 0.139. The lowest BCUT2D eigenvalue weighted by Crippen LogP contribution is -2.24. The number of rotatable bonds is 12. The van der Waals surface area contributed by atoms with Gasteiger partial charge in [0.2, 0.25) is 0 Å². The highest BCUT2D eigenvalue weighted by atomic mass is 16.5. The number of benzene rings is 3. The molecule has 0 spiro atoms. The maximum atomic E-state index is 12.0. The van der Waals surface area contributed by atoms with Crippen LogP contribution >= 0.6 is 0 Å². The largest absolute Gasteiger partial charge is 0.494 e. The van der Waals surface area contributed by atoms with Gasteiger partial charge in [-0.15, -0.1) is 0 Å². The van der Waals surface area contributed by atoms with Crippen LogP contribution in [0, 0.1) is 0 Å². The molecule has 0 atom stereocenters. The van der Waals surface area contributed by atoms with E-state index in [-0.39, 0.29) is 12.5 Å². The van der Waals surface area contributed by atoms with Gasteiger partial charge < -0.3 is 14.2 Å². The van der Waals surface area contributed by atoms with Crippen molar-refractivity contribution in [3.8, 4) is 17.2 Å². The topological polar surface area (TPSA) is 69.2 Å². The second kappa shape index (κ2) is 12.8. The summed E-state index contributed by atoms with van der Waals surface area (Å²) in [6, 6.07) is 24.6. The maximum Gasteiger partial charge on any atom is 0.277 e. The Kier molecular flexibility index (Phi) is 9.15. The minimum Gasteiger partial charge on any atom is -0.494 e. The molecule has 0 heterocycles. The molecule has 0 radical (unpaired) electrons. The van der Waals surface area contributed by atoms with Crippen molar-refractivity contribution in [1.29, 1.82) is 0 Å². The quantitative estimate of drug-likeness (QED) is 0.249. The standard InChI is InChI=1S/C26H28N2O4/c1-2-3-17-30-23-13-15-24(16-14-23)31-20-26(29)28-27-18-22-11-7-8-12-25(22)32-19-21-9-5-4-6-10-21/h4-16,18H,2-3,17,19-20H2,1H3,(H,28,29)/b27-18+. The molecule has 6 heteroatoms. The van der Waals surface area contributed by atoms with Gasteiger partial charge in [-0.3, -0.25) is 4.79 Å². The summed E-state index contributed by atoms with van der Waals surface area (Å²) in [5.74, 6) is 1.71. The van der Waals surface area contributed by atoms with Crippen LogP contribution in [0.4, 0.5) is 0 Å². The fourth-order valence-corrected chi connectivity index (χ4v) is 2.78. The minimum atomic E-state index is -0.354. The third-order valence-corrected chi connectivity index (χ3v) is 4.51. The number of unbranched alkanes of at least 4 members (excludes halogenated alkanes) is 1. The number of carbonyl (C=O) groups is 1. The monoisotopic (exact) mass is 432 g/mol. The number of ether oxygens (including phenoxy) is 3. The highest BCUT2D eigenvalue weighted by Crippen LogP contribution is 2.18. The molecule has 1 amide bonds. The summed E-state index contributed by atoms with van der Waals surface area (Å²) in [5, 5.41) is 4.02. The van der Waals surface area contributed by atoms with Gasteiger partial charge in [-0.1, -0.05) is 55.8 Å². The Morgan fingerprint density at radius 2 is 1.56 bits per heavy atom. The Morgan fingerprint density at radius 3 is 2.31 bits per heavy atom. The van der Waals surface area contributed by atoms with E-state index in [1.807, 2.05) is 66.7 Å². The van der Waals surface area contributed by atoms with Gasteiger partial charge in [0.05, 0.1) is 12.8 Å². The molecule has 1 N–H and O–H groups in total. The van der Waals surface area contributed by atoms with E-state index in [0.29, 0.717) is 24.7 Å². The lowest BCUT2D eigenvalue weighted by molar-refractivity contribution is -0.123. The molecule has 3 aromatic carbocycles. The molecule has 0 aliphatic rings. The van der Waals surface area contributed by atoms with Crippen LogP contribution < -0.4 is 19.6 Å². The van der Waals surface area contributed by atoms with Gasteiger partial charge in [-0.25, -0.2) is 5.43 Å². The van der Waals surface area contributed by atoms with E-state index in [1.54, 1.807) is 18.3 Å². The predicted octanol–water partition coefficient (Wildman–Crippen LogP) is 4.97. The Balaban J connectivity index is 1.44. The molecule has 0 saturated carbocycles. The van der Waals surface area contributed by atoms with Crippen LogP contribution in [0.2, 0.25) is 0 Å². The predicted molar refractivity (Wildman–Crippen MR) is 125 cm³/mol. The van der Waals surface area contributed by atoms with Gasteiger partial charge in [0.1, 0.15) is 23.9 Å². The van der Waals surface area contributed by atoms with E-state index in [2.05, 4.69) is 17.5 Å². The highest BCUT2D eigenvalue weighted by Gasteiger charge is 2.04. The van der Waals surface area contributed by atoms with Crippen LogP contribution in [0.3, 0.4) is 0 Å². The normalized spacial score (nSPS) is 10.7. The van der Waals surface area contributed by atoms with Crippen molar-refractivity contribution in [1.82, 2.24) is 5.43 Å². The average Bonchev–Trinajstić information content (AvgIpc) is 2.84. The van der Waals surface area contributed by atoms with Crippen molar-refractivity contribution in [3.63, 3.8) is 0 Å². The molecule has 166 valence electrons. The second-order valence-electron chi connectivity index (χ2n) is 7.07. The fourth-order valence-electron chi connectivity index (χ4n) is 2.78. The molecule has 0 aliphatic heterocycles. The van der Waals surface area contributed by atoms with Crippen molar-refractivity contribution >= 4 is 12.1 Å². The van der Waals surface area contributed by atoms with Crippen molar-refractivity contribution in [2.75, 3.05) is 13.2 Å². The van der Waals surface area contributed by atoms with E-state index < -0.39 is 0 Å². The summed E-state index contributed by atoms with van der Waals surface area (Å²) in [4.78, 5) is 12.0. The van der Waals surface area contributed by atoms with Crippen molar-refractivity contribution < 1.29 is 19.0 Å². The van der Waals surface area contributed by atoms with Crippen LogP contribution in [0.25, 0.3) is 0 Å². The molecular formula is C26H28N2O4. The number of nitrogens with zero attached hydrogens (tertiary/aromatic N) is 1. The van der Waals surface area contributed by atoms with E-state index in [1.165, 1.54) is 0 Å². The van der Waals surface area contributed by atoms with Crippen LogP contribution in [-0.4, -0.2) is 25.3 Å². The van der Waals surface area contributed by atoms with Gasteiger partial charge >= 0.3 is 0 Å². The lowest BCUT2D eigenvalue weighted by Gasteiger charge is -2.09. The summed E-state index contributed by atoms with van der Waals surface area (Å²) >= 11 is 0. The zero-order valence-corrected chi connectivity index (χ0v) is 18.2. The fraction of sp³-hybridized carbons (Fsp3) is 0.231. The zero-order valence-electron chi connectivity index (χ0n) is 18.2. The number of hydrogen-bond donors (Lipinski definition) is 1. The molecular weight excluding hydrogens is 404 g/mol. The smallest absolute Gasteiger partial charge is 0.277 e. The van der Waals surface area contributed by atoms with Gasteiger partial charge in [0.15, 0.2) is 6.61 Å². The van der Waals surface area contributed by atoms with E-state index in [0.717, 1.165) is 29.7 Å². The highest BCUT2D eigenvalue weighted by molar-refractivity contribution is 5.85. The number of amides is 1. The number of nitrogens with one attached hydrogen (secondary N) is 1. The molecule has 0 aliphatic carbocycles. The Morgan fingerprint density at radius 1 is 0.875 bits per heavy atom. The Bertz CT molecular complexity index is 988. The summed E-state index contributed by atoms with van der Waals surface area (Å²) < 4.78 is 17.0.